The first-order chi connectivity index (χ1) is 7.68. The van der Waals surface area contributed by atoms with Gasteiger partial charge in [-0.25, -0.2) is 4.98 Å². The molecular weight excluding hydrogens is 253 g/mol. The van der Waals surface area contributed by atoms with Crippen LogP contribution in [-0.2, 0) is 16.8 Å². The van der Waals surface area contributed by atoms with E-state index in [0.29, 0.717) is 0 Å². The first-order valence-electron chi connectivity index (χ1n) is 5.05. The van der Waals surface area contributed by atoms with E-state index in [1.54, 1.807) is 6.20 Å². The third kappa shape index (κ3) is 5.47. The predicted octanol–water partition coefficient (Wildman–Crippen LogP) is 3.02. The van der Waals surface area contributed by atoms with E-state index in [0.717, 1.165) is 9.88 Å². The van der Waals surface area contributed by atoms with E-state index in [1.165, 1.54) is 11.3 Å². The van der Waals surface area contributed by atoms with Gasteiger partial charge in [0.15, 0.2) is 6.61 Å². The molecule has 0 spiro atoms. The number of alkyl halides is 3. The molecule has 0 fully saturated rings. The van der Waals surface area contributed by atoms with Crippen LogP contribution in [0.5, 0.6) is 0 Å². The second-order valence-electron chi connectivity index (χ2n) is 4.61. The van der Waals surface area contributed by atoms with Crippen LogP contribution in [0.4, 0.5) is 13.2 Å². The van der Waals surface area contributed by atoms with Crippen molar-refractivity contribution in [1.82, 2.24) is 10.5 Å². The normalized spacial score (nSPS) is 13.1. The van der Waals surface area contributed by atoms with Crippen LogP contribution in [-0.4, -0.2) is 17.8 Å². The van der Waals surface area contributed by atoms with Gasteiger partial charge >= 0.3 is 6.18 Å². The summed E-state index contributed by atoms with van der Waals surface area (Å²) in [5.74, 6) is 0. The predicted molar refractivity (Wildman–Crippen MR) is 59.7 cm³/mol. The van der Waals surface area contributed by atoms with Gasteiger partial charge < -0.3 is 0 Å². The SMILES string of the molecule is CC(C)(C)c1ncc(CNOCC(F)(F)F)s1. The van der Waals surface area contributed by atoms with E-state index in [9.17, 15) is 13.2 Å². The van der Waals surface area contributed by atoms with Crippen molar-refractivity contribution >= 4 is 11.3 Å². The molecule has 0 bridgehead atoms. The summed E-state index contributed by atoms with van der Waals surface area (Å²) in [7, 11) is 0. The van der Waals surface area contributed by atoms with Crippen molar-refractivity contribution in [3.63, 3.8) is 0 Å². The highest BCUT2D eigenvalue weighted by molar-refractivity contribution is 7.11. The summed E-state index contributed by atoms with van der Waals surface area (Å²) in [6, 6.07) is 0. The third-order valence-corrected chi connectivity index (χ3v) is 3.20. The number of halogens is 3. The summed E-state index contributed by atoms with van der Waals surface area (Å²) in [5, 5.41) is 0.949. The van der Waals surface area contributed by atoms with Gasteiger partial charge in [0, 0.05) is 16.5 Å². The van der Waals surface area contributed by atoms with E-state index in [2.05, 4.69) is 15.3 Å². The lowest BCUT2D eigenvalue weighted by Crippen LogP contribution is -2.24. The first-order valence-corrected chi connectivity index (χ1v) is 5.87. The molecule has 1 heterocycles. The van der Waals surface area contributed by atoms with Gasteiger partial charge in [-0.3, -0.25) is 4.84 Å². The average Bonchev–Trinajstić information content (AvgIpc) is 2.58. The van der Waals surface area contributed by atoms with Gasteiger partial charge in [0.2, 0.25) is 0 Å². The minimum atomic E-state index is -4.31. The van der Waals surface area contributed by atoms with Crippen LogP contribution in [0.25, 0.3) is 0 Å². The third-order valence-electron chi connectivity index (χ3n) is 1.78. The van der Waals surface area contributed by atoms with Gasteiger partial charge in [-0.2, -0.15) is 18.7 Å². The standard InChI is InChI=1S/C10H15F3N2OS/c1-9(2,3)8-14-4-7(17-8)5-15-16-6-10(11,12)13/h4,15H,5-6H2,1-3H3. The smallest absolute Gasteiger partial charge is 0.292 e. The molecule has 0 radical (unpaired) electrons. The van der Waals surface area contributed by atoms with Gasteiger partial charge in [0.25, 0.3) is 0 Å². The van der Waals surface area contributed by atoms with E-state index in [4.69, 9.17) is 0 Å². The molecule has 0 aromatic carbocycles. The fraction of sp³-hybridized carbons (Fsp3) is 0.700. The van der Waals surface area contributed by atoms with Gasteiger partial charge in [0.1, 0.15) is 0 Å². The molecule has 0 amide bonds. The minimum Gasteiger partial charge on any atom is -0.292 e. The highest BCUT2D eigenvalue weighted by Gasteiger charge is 2.27. The molecule has 1 rings (SSSR count). The van der Waals surface area contributed by atoms with Crippen molar-refractivity contribution in [3.8, 4) is 0 Å². The van der Waals surface area contributed by atoms with E-state index >= 15 is 0 Å². The van der Waals surface area contributed by atoms with Gasteiger partial charge in [-0.15, -0.1) is 11.3 Å². The maximum atomic E-state index is 11.8. The Bertz CT molecular complexity index is 357. The number of hydroxylamine groups is 1. The fourth-order valence-electron chi connectivity index (χ4n) is 0.991. The zero-order chi connectivity index (χ0) is 13.1. The Morgan fingerprint density at radius 2 is 2.00 bits per heavy atom. The van der Waals surface area contributed by atoms with Crippen molar-refractivity contribution in [3.05, 3.63) is 16.1 Å². The van der Waals surface area contributed by atoms with Crippen molar-refractivity contribution in [2.75, 3.05) is 6.61 Å². The molecule has 1 aromatic heterocycles. The van der Waals surface area contributed by atoms with Crippen molar-refractivity contribution in [2.45, 2.75) is 38.9 Å². The van der Waals surface area contributed by atoms with E-state index < -0.39 is 12.8 Å². The topological polar surface area (TPSA) is 34.2 Å². The molecule has 7 heteroatoms. The van der Waals surface area contributed by atoms with Gasteiger partial charge in [0.05, 0.1) is 11.6 Å². The maximum absolute atomic E-state index is 11.8. The first kappa shape index (κ1) is 14.4. The Labute approximate surface area is 102 Å². The summed E-state index contributed by atoms with van der Waals surface area (Å²) in [6.45, 7) is 5.03. The number of nitrogens with one attached hydrogen (secondary N) is 1. The highest BCUT2D eigenvalue weighted by atomic mass is 32.1. The zero-order valence-corrected chi connectivity index (χ0v) is 10.7. The van der Waals surface area contributed by atoms with E-state index in [1.807, 2.05) is 20.8 Å². The average molecular weight is 268 g/mol. The molecule has 1 aromatic rings. The molecule has 1 N–H and O–H groups in total. The molecule has 17 heavy (non-hydrogen) atoms. The number of rotatable bonds is 4. The van der Waals surface area contributed by atoms with Crippen LogP contribution in [0.3, 0.4) is 0 Å². The van der Waals surface area contributed by atoms with Crippen LogP contribution in [0.2, 0.25) is 0 Å². The maximum Gasteiger partial charge on any atom is 0.413 e. The zero-order valence-electron chi connectivity index (χ0n) is 9.89. The summed E-state index contributed by atoms with van der Waals surface area (Å²) in [5.41, 5.74) is 2.23. The quantitative estimate of drug-likeness (QED) is 0.673. The Morgan fingerprint density at radius 1 is 1.35 bits per heavy atom. The largest absolute Gasteiger partial charge is 0.413 e. The van der Waals surface area contributed by atoms with Crippen LogP contribution >= 0.6 is 11.3 Å². The summed E-state index contributed by atoms with van der Waals surface area (Å²) < 4.78 is 35.3. The molecule has 98 valence electrons. The molecular formula is C10H15F3N2OS. The lowest BCUT2D eigenvalue weighted by atomic mass is 9.98. The Kier molecular flexibility index (Phi) is 4.51. The van der Waals surface area contributed by atoms with Crippen LogP contribution in [0.15, 0.2) is 6.20 Å². The van der Waals surface area contributed by atoms with E-state index in [-0.39, 0.29) is 12.0 Å². The second kappa shape index (κ2) is 5.32. The lowest BCUT2D eigenvalue weighted by molar-refractivity contribution is -0.190. The summed E-state index contributed by atoms with van der Waals surface area (Å²) in [6.07, 6.45) is -2.66. The molecule has 0 unspecified atom stereocenters. The second-order valence-corrected chi connectivity index (χ2v) is 5.72. The monoisotopic (exact) mass is 268 g/mol. The highest BCUT2D eigenvalue weighted by Crippen LogP contribution is 2.26. The summed E-state index contributed by atoms with van der Waals surface area (Å²) in [4.78, 5) is 9.36. The molecule has 0 saturated heterocycles. The fourth-order valence-corrected chi connectivity index (χ4v) is 1.89. The molecule has 0 atom stereocenters. The molecule has 0 aliphatic rings. The van der Waals surface area contributed by atoms with Crippen LogP contribution < -0.4 is 5.48 Å². The van der Waals surface area contributed by atoms with Gasteiger partial charge in [-0.1, -0.05) is 20.8 Å². The van der Waals surface area contributed by atoms with Crippen LogP contribution in [0, 0.1) is 0 Å². The Hall–Kier alpha value is -0.660. The van der Waals surface area contributed by atoms with Crippen LogP contribution in [0.1, 0.15) is 30.7 Å². The van der Waals surface area contributed by atoms with Crippen molar-refractivity contribution < 1.29 is 18.0 Å². The number of aromatic nitrogens is 1. The number of thiazole rings is 1. The van der Waals surface area contributed by atoms with Gasteiger partial charge in [-0.05, 0) is 0 Å². The number of nitrogens with zero attached hydrogens (tertiary/aromatic N) is 1. The minimum absolute atomic E-state index is 0.0459. The summed E-state index contributed by atoms with van der Waals surface area (Å²) >= 11 is 1.46. The number of hydrogen-bond acceptors (Lipinski definition) is 4. The molecule has 3 nitrogen and oxygen atoms in total. The molecule has 0 aliphatic carbocycles. The van der Waals surface area contributed by atoms with Crippen molar-refractivity contribution in [1.29, 1.82) is 0 Å². The molecule has 0 aliphatic heterocycles. The van der Waals surface area contributed by atoms with Crippen molar-refractivity contribution in [2.24, 2.45) is 0 Å². The molecule has 0 saturated carbocycles. The lowest BCUT2D eigenvalue weighted by Gasteiger charge is -2.13. The number of hydrogen-bond donors (Lipinski definition) is 1. The Balaban J connectivity index is 2.36. The Morgan fingerprint density at radius 3 is 2.47 bits per heavy atom.